The Labute approximate surface area is 231 Å². The molecule has 8 atom stereocenters. The Balaban J connectivity index is 1.88. The van der Waals surface area contributed by atoms with Crippen LogP contribution in [-0.4, -0.2) is 77.9 Å². The number of methoxy groups -OCH3 is 1. The number of likely N-dealkylation sites (tertiary alicyclic amines) is 1. The second kappa shape index (κ2) is 10.9. The summed E-state index contributed by atoms with van der Waals surface area (Å²) in [6, 6.07) is 5.45. The first kappa shape index (κ1) is 29.1. The van der Waals surface area contributed by atoms with Gasteiger partial charge in [0.1, 0.15) is 23.3 Å². The van der Waals surface area contributed by atoms with Crippen LogP contribution in [0.1, 0.15) is 47.5 Å². The summed E-state index contributed by atoms with van der Waals surface area (Å²) in [7, 11) is 1.57. The van der Waals surface area contributed by atoms with E-state index in [0.29, 0.717) is 24.3 Å². The van der Waals surface area contributed by atoms with E-state index in [4.69, 9.17) is 14.2 Å². The minimum Gasteiger partial charge on any atom is -0.497 e. The molecular weight excluding hydrogens is 500 g/mol. The summed E-state index contributed by atoms with van der Waals surface area (Å²) in [6.45, 7) is 13.4. The van der Waals surface area contributed by atoms with E-state index in [2.05, 4.69) is 6.58 Å². The molecule has 39 heavy (non-hydrogen) atoms. The highest BCUT2D eigenvalue weighted by Gasteiger charge is 2.81. The maximum absolute atomic E-state index is 14.7. The van der Waals surface area contributed by atoms with E-state index < -0.39 is 41.1 Å². The average molecular weight is 543 g/mol. The van der Waals surface area contributed by atoms with Crippen molar-refractivity contribution < 1.29 is 33.7 Å². The maximum atomic E-state index is 14.7. The van der Waals surface area contributed by atoms with Gasteiger partial charge < -0.3 is 29.1 Å². The van der Waals surface area contributed by atoms with Gasteiger partial charge in [-0.1, -0.05) is 33.3 Å². The third-order valence-corrected chi connectivity index (χ3v) is 9.33. The number of nitrogens with zero attached hydrogens (tertiary/aromatic N) is 2. The van der Waals surface area contributed by atoms with Crippen LogP contribution in [0, 0.1) is 23.7 Å². The lowest BCUT2D eigenvalue weighted by molar-refractivity contribution is -0.162. The van der Waals surface area contributed by atoms with Crippen molar-refractivity contribution in [3.63, 3.8) is 0 Å². The lowest BCUT2D eigenvalue weighted by Gasteiger charge is -2.41. The molecule has 0 radical (unpaired) electrons. The molecule has 2 amide bonds. The van der Waals surface area contributed by atoms with Crippen molar-refractivity contribution in [3.8, 4) is 5.75 Å². The van der Waals surface area contributed by atoms with E-state index in [-0.39, 0.29) is 43.4 Å². The first-order valence-electron chi connectivity index (χ1n) is 13.9. The van der Waals surface area contributed by atoms with Crippen LogP contribution in [0.3, 0.4) is 0 Å². The number of hydrogen-bond donors (Lipinski definition) is 1. The molecule has 9 heteroatoms. The molecule has 9 nitrogen and oxygen atoms in total. The number of fused-ring (bicyclic) bond motifs is 1. The van der Waals surface area contributed by atoms with Crippen LogP contribution in [0.25, 0.3) is 0 Å². The molecule has 1 N–H and O–H groups in total. The zero-order valence-electron chi connectivity index (χ0n) is 23.9. The van der Waals surface area contributed by atoms with Crippen molar-refractivity contribution in [2.24, 2.45) is 23.7 Å². The summed E-state index contributed by atoms with van der Waals surface area (Å²) >= 11 is 0. The molecule has 0 saturated carbocycles. The van der Waals surface area contributed by atoms with Crippen molar-refractivity contribution in [1.82, 2.24) is 4.90 Å². The second-order valence-electron chi connectivity index (χ2n) is 11.3. The summed E-state index contributed by atoms with van der Waals surface area (Å²) in [5.41, 5.74) is -1.57. The molecule has 3 fully saturated rings. The molecule has 1 spiro atoms. The van der Waals surface area contributed by atoms with Gasteiger partial charge >= 0.3 is 5.97 Å². The van der Waals surface area contributed by atoms with Crippen molar-refractivity contribution in [1.29, 1.82) is 0 Å². The summed E-state index contributed by atoms with van der Waals surface area (Å²) in [5, 5.41) is 10.5. The number of carbonyl (C=O) groups excluding carboxylic acids is 3. The van der Waals surface area contributed by atoms with Crippen LogP contribution in [0.15, 0.2) is 36.9 Å². The van der Waals surface area contributed by atoms with Gasteiger partial charge in [0.2, 0.25) is 5.91 Å². The molecule has 2 bridgehead atoms. The van der Waals surface area contributed by atoms with Crippen LogP contribution >= 0.6 is 0 Å². The molecule has 1 aromatic rings. The molecule has 3 heterocycles. The van der Waals surface area contributed by atoms with Crippen molar-refractivity contribution in [3.05, 3.63) is 36.9 Å². The highest BCUT2D eigenvalue weighted by molar-refractivity contribution is 6.05. The van der Waals surface area contributed by atoms with Crippen LogP contribution < -0.4 is 9.64 Å². The van der Waals surface area contributed by atoms with Crippen LogP contribution in [0.2, 0.25) is 0 Å². The number of ether oxygens (including phenoxy) is 3. The fourth-order valence-electron chi connectivity index (χ4n) is 7.08. The van der Waals surface area contributed by atoms with Crippen LogP contribution in [0.4, 0.5) is 5.69 Å². The first-order valence-corrected chi connectivity index (χ1v) is 13.9. The predicted octanol–water partition coefficient (Wildman–Crippen LogP) is 3.20. The Morgan fingerprint density at radius 2 is 1.97 bits per heavy atom. The Kier molecular flexibility index (Phi) is 8.15. The first-order chi connectivity index (χ1) is 18.6. The molecule has 1 aromatic carbocycles. The molecule has 0 aromatic heterocycles. The molecule has 3 aliphatic rings. The number of carbonyl (C=O) groups is 3. The fourth-order valence-corrected chi connectivity index (χ4v) is 7.08. The number of aliphatic hydroxyl groups is 1. The lowest BCUT2D eigenvalue weighted by Crippen LogP contribution is -2.60. The van der Waals surface area contributed by atoms with Crippen molar-refractivity contribution in [2.45, 2.75) is 70.7 Å². The van der Waals surface area contributed by atoms with Crippen LogP contribution in [0.5, 0.6) is 5.75 Å². The van der Waals surface area contributed by atoms with E-state index in [1.54, 1.807) is 49.3 Å². The Morgan fingerprint density at radius 1 is 1.31 bits per heavy atom. The molecule has 3 aliphatic heterocycles. The third-order valence-electron chi connectivity index (χ3n) is 9.33. The standard InChI is InChI=1S/C30H42N2O7/c1-8-15-31(20-11-13-21(37-7)14-12-20)27(35)25-30-16-19(5)29(6,39-30)24(28(36)38-10-3)23(30)26(34)32(25)22(17-33)18(4)9-2/h8,11-14,18-19,22-25,33H,1,9-10,15-17H2,2-7H3/t18-,19?,22-,23-,24+,25?,29-,30?/m0/s1. The minimum absolute atomic E-state index is 0.0930. The number of amides is 2. The molecule has 3 saturated heterocycles. The van der Waals surface area contributed by atoms with Gasteiger partial charge in [0, 0.05) is 12.2 Å². The Hall–Kier alpha value is -2.91. The molecule has 4 rings (SSSR count). The van der Waals surface area contributed by atoms with Crippen molar-refractivity contribution >= 4 is 23.5 Å². The van der Waals surface area contributed by atoms with E-state index in [1.165, 1.54) is 4.90 Å². The number of anilines is 1. The smallest absolute Gasteiger partial charge is 0.312 e. The number of esters is 1. The monoisotopic (exact) mass is 542 g/mol. The number of rotatable bonds is 11. The maximum Gasteiger partial charge on any atom is 0.312 e. The Bertz CT molecular complexity index is 1110. The van der Waals surface area contributed by atoms with E-state index in [9.17, 15) is 19.5 Å². The van der Waals surface area contributed by atoms with Crippen LogP contribution in [-0.2, 0) is 23.9 Å². The largest absolute Gasteiger partial charge is 0.497 e. The second-order valence-corrected chi connectivity index (χ2v) is 11.3. The summed E-state index contributed by atoms with van der Waals surface area (Å²) in [4.78, 5) is 45.6. The van der Waals surface area contributed by atoms with E-state index in [1.807, 2.05) is 27.7 Å². The number of benzene rings is 1. The Morgan fingerprint density at radius 3 is 2.51 bits per heavy atom. The lowest BCUT2D eigenvalue weighted by atomic mass is 9.62. The van der Waals surface area contributed by atoms with Gasteiger partial charge in [-0.05, 0) is 56.4 Å². The number of aliphatic hydroxyl groups excluding tert-OH is 1. The van der Waals surface area contributed by atoms with Gasteiger partial charge in [0.15, 0.2) is 0 Å². The van der Waals surface area contributed by atoms with Gasteiger partial charge in [-0.3, -0.25) is 14.4 Å². The molecular formula is C30H42N2O7. The van der Waals surface area contributed by atoms with Gasteiger partial charge in [-0.25, -0.2) is 0 Å². The van der Waals surface area contributed by atoms with Gasteiger partial charge in [-0.2, -0.15) is 0 Å². The van der Waals surface area contributed by atoms with Gasteiger partial charge in [0.05, 0.1) is 37.9 Å². The SMILES string of the molecule is C=CCN(C(=O)C1N([C@@H](CO)[C@@H](C)CC)C(=O)[C@@H]2[C@H](C(=O)OCC)[C@@]3(C)OC12CC3C)c1ccc(OC)cc1. The summed E-state index contributed by atoms with van der Waals surface area (Å²) in [6.07, 6.45) is 2.76. The quantitative estimate of drug-likeness (QED) is 0.338. The average Bonchev–Trinajstić information content (AvgIpc) is 3.44. The molecule has 0 aliphatic carbocycles. The topological polar surface area (TPSA) is 106 Å². The normalized spacial score (nSPS) is 32.5. The minimum atomic E-state index is -1.23. The van der Waals surface area contributed by atoms with E-state index >= 15 is 0 Å². The van der Waals surface area contributed by atoms with E-state index in [0.717, 1.165) is 0 Å². The third kappa shape index (κ3) is 4.34. The van der Waals surface area contributed by atoms with Gasteiger partial charge in [-0.15, -0.1) is 6.58 Å². The van der Waals surface area contributed by atoms with Crippen molar-refractivity contribution in [2.75, 3.05) is 31.8 Å². The highest BCUT2D eigenvalue weighted by Crippen LogP contribution is 2.66. The molecule has 3 unspecified atom stereocenters. The summed E-state index contributed by atoms with van der Waals surface area (Å²) < 4.78 is 17.5. The highest BCUT2D eigenvalue weighted by atomic mass is 16.6. The summed E-state index contributed by atoms with van der Waals surface area (Å²) in [5.74, 6) is -2.43. The molecule has 214 valence electrons. The van der Waals surface area contributed by atoms with Gasteiger partial charge in [0.25, 0.3) is 5.91 Å². The zero-order chi connectivity index (χ0) is 28.7. The predicted molar refractivity (Wildman–Crippen MR) is 146 cm³/mol. The zero-order valence-corrected chi connectivity index (χ0v) is 23.9. The number of hydrogen-bond acceptors (Lipinski definition) is 7. The fraction of sp³-hybridized carbons (Fsp3) is 0.633.